The third-order valence-electron chi connectivity index (χ3n) is 2.61. The number of fused-ring (bicyclic) bond motifs is 1. The van der Waals surface area contributed by atoms with Crippen LogP contribution < -0.4 is 15.2 Å². The number of nitrogens with two attached hydrogens (primary N) is 1. The van der Waals surface area contributed by atoms with Gasteiger partial charge >= 0.3 is 5.97 Å². The highest BCUT2D eigenvalue weighted by atomic mass is 16.5. The molecule has 1 heterocycles. The minimum atomic E-state index is -1.13. The number of ether oxygens (including phenoxy) is 2. The summed E-state index contributed by atoms with van der Waals surface area (Å²) in [5.74, 6) is -0.163. The lowest BCUT2D eigenvalue weighted by molar-refractivity contribution is 0.0698. The van der Waals surface area contributed by atoms with Gasteiger partial charge in [-0.05, 0) is 18.2 Å². The molecule has 1 aromatic heterocycles. The zero-order valence-electron chi connectivity index (χ0n) is 9.93. The van der Waals surface area contributed by atoms with E-state index < -0.39 is 5.97 Å². The van der Waals surface area contributed by atoms with Crippen LogP contribution in [0, 0.1) is 0 Å². The lowest BCUT2D eigenvalue weighted by Gasteiger charge is -2.10. The summed E-state index contributed by atoms with van der Waals surface area (Å²) in [6, 6.07) is 4.81. The predicted molar refractivity (Wildman–Crippen MR) is 66.2 cm³/mol. The van der Waals surface area contributed by atoms with Crippen LogP contribution in [0.3, 0.4) is 0 Å². The van der Waals surface area contributed by atoms with E-state index in [9.17, 15) is 4.79 Å². The van der Waals surface area contributed by atoms with E-state index in [1.807, 2.05) is 0 Å². The summed E-state index contributed by atoms with van der Waals surface area (Å²) in [7, 11) is 3.00. The number of anilines is 1. The molecule has 3 N–H and O–H groups in total. The van der Waals surface area contributed by atoms with Crippen LogP contribution in [-0.4, -0.2) is 30.3 Å². The van der Waals surface area contributed by atoms with E-state index in [1.54, 1.807) is 12.1 Å². The van der Waals surface area contributed by atoms with Crippen LogP contribution in [0.15, 0.2) is 18.2 Å². The molecule has 0 aliphatic carbocycles. The van der Waals surface area contributed by atoms with Crippen LogP contribution in [0.25, 0.3) is 10.9 Å². The minimum absolute atomic E-state index is 0.0541. The number of pyridine rings is 1. The van der Waals surface area contributed by atoms with Crippen molar-refractivity contribution >= 4 is 22.7 Å². The molecule has 2 rings (SSSR count). The third-order valence-corrected chi connectivity index (χ3v) is 2.61. The summed E-state index contributed by atoms with van der Waals surface area (Å²) >= 11 is 0. The Morgan fingerprint density at radius 1 is 1.28 bits per heavy atom. The zero-order valence-corrected chi connectivity index (χ0v) is 9.93. The van der Waals surface area contributed by atoms with Gasteiger partial charge in [-0.1, -0.05) is 0 Å². The highest BCUT2D eigenvalue weighted by Crippen LogP contribution is 2.33. The van der Waals surface area contributed by atoms with Crippen molar-refractivity contribution in [2.45, 2.75) is 0 Å². The van der Waals surface area contributed by atoms with E-state index >= 15 is 0 Å². The topological polar surface area (TPSA) is 94.7 Å². The second-order valence-electron chi connectivity index (χ2n) is 3.59. The third kappa shape index (κ3) is 1.77. The van der Waals surface area contributed by atoms with E-state index in [0.29, 0.717) is 22.4 Å². The molecule has 94 valence electrons. The first-order valence-electron chi connectivity index (χ1n) is 5.13. The lowest BCUT2D eigenvalue weighted by atomic mass is 10.1. The second kappa shape index (κ2) is 4.40. The average Bonchev–Trinajstić information content (AvgIpc) is 2.36. The molecule has 0 saturated heterocycles. The van der Waals surface area contributed by atoms with Gasteiger partial charge in [0.15, 0.2) is 0 Å². The number of benzene rings is 1. The Morgan fingerprint density at radius 2 is 1.89 bits per heavy atom. The Morgan fingerprint density at radius 3 is 2.44 bits per heavy atom. The summed E-state index contributed by atoms with van der Waals surface area (Å²) in [4.78, 5) is 15.1. The van der Waals surface area contributed by atoms with Gasteiger partial charge in [0.25, 0.3) is 0 Å². The molecule has 6 heteroatoms. The van der Waals surface area contributed by atoms with Crippen LogP contribution in [0.5, 0.6) is 11.5 Å². The molecule has 0 atom stereocenters. The molecule has 0 unspecified atom stereocenters. The van der Waals surface area contributed by atoms with Gasteiger partial charge in [-0.3, -0.25) is 0 Å². The van der Waals surface area contributed by atoms with Crippen molar-refractivity contribution in [2.75, 3.05) is 20.0 Å². The standard InChI is InChI=1S/C12H12N2O4/c1-17-8-3-4-9(18-2)10-6(8)5-7(12(15)16)11(13)14-10/h3-5H,1-2H3,(H2,13,14)(H,15,16). The van der Waals surface area contributed by atoms with Gasteiger partial charge in [-0.15, -0.1) is 0 Å². The van der Waals surface area contributed by atoms with Crippen molar-refractivity contribution in [3.05, 3.63) is 23.8 Å². The fraction of sp³-hybridized carbons (Fsp3) is 0.167. The Labute approximate surface area is 103 Å². The summed E-state index contributed by atoms with van der Waals surface area (Å²) in [6.45, 7) is 0. The maximum atomic E-state index is 11.0. The van der Waals surface area contributed by atoms with Gasteiger partial charge in [-0.2, -0.15) is 0 Å². The number of carboxylic acid groups (broad SMARTS) is 1. The van der Waals surface area contributed by atoms with Crippen molar-refractivity contribution < 1.29 is 19.4 Å². The minimum Gasteiger partial charge on any atom is -0.496 e. The van der Waals surface area contributed by atoms with E-state index in [-0.39, 0.29) is 11.4 Å². The molecule has 0 bridgehead atoms. The number of carbonyl (C=O) groups is 1. The Hall–Kier alpha value is -2.50. The Bertz CT molecular complexity index is 625. The molecule has 0 saturated carbocycles. The van der Waals surface area contributed by atoms with Crippen LogP contribution in [0.2, 0.25) is 0 Å². The van der Waals surface area contributed by atoms with Gasteiger partial charge < -0.3 is 20.3 Å². The first-order valence-corrected chi connectivity index (χ1v) is 5.13. The van der Waals surface area contributed by atoms with E-state index in [4.69, 9.17) is 20.3 Å². The molecule has 0 spiro atoms. The number of aromatic nitrogens is 1. The van der Waals surface area contributed by atoms with Gasteiger partial charge in [-0.25, -0.2) is 9.78 Å². The normalized spacial score (nSPS) is 10.3. The van der Waals surface area contributed by atoms with Crippen LogP contribution in [0.4, 0.5) is 5.82 Å². The van der Waals surface area contributed by atoms with Crippen LogP contribution in [-0.2, 0) is 0 Å². The molecule has 6 nitrogen and oxygen atoms in total. The average molecular weight is 248 g/mol. The summed E-state index contributed by atoms with van der Waals surface area (Å²) in [6.07, 6.45) is 0. The number of rotatable bonds is 3. The lowest BCUT2D eigenvalue weighted by Crippen LogP contribution is -2.05. The van der Waals surface area contributed by atoms with E-state index in [1.165, 1.54) is 20.3 Å². The van der Waals surface area contributed by atoms with Crippen molar-refractivity contribution in [3.8, 4) is 11.5 Å². The SMILES string of the molecule is COc1ccc(OC)c2nc(N)c(C(=O)O)cc12. The van der Waals surface area contributed by atoms with Crippen LogP contribution in [0.1, 0.15) is 10.4 Å². The quantitative estimate of drug-likeness (QED) is 0.855. The van der Waals surface area contributed by atoms with Gasteiger partial charge in [0.05, 0.1) is 14.2 Å². The highest BCUT2D eigenvalue weighted by Gasteiger charge is 2.15. The first kappa shape index (κ1) is 12.0. The van der Waals surface area contributed by atoms with Gasteiger partial charge in [0.2, 0.25) is 0 Å². The maximum Gasteiger partial charge on any atom is 0.339 e. The molecule has 0 radical (unpaired) electrons. The fourth-order valence-corrected chi connectivity index (χ4v) is 1.74. The van der Waals surface area contributed by atoms with Crippen molar-refractivity contribution in [1.82, 2.24) is 4.98 Å². The van der Waals surface area contributed by atoms with Gasteiger partial charge in [0.1, 0.15) is 28.4 Å². The van der Waals surface area contributed by atoms with E-state index in [2.05, 4.69) is 4.98 Å². The number of methoxy groups -OCH3 is 2. The molecule has 0 fully saturated rings. The number of carboxylic acids is 1. The summed E-state index contributed by atoms with van der Waals surface area (Å²) in [5, 5.41) is 9.57. The largest absolute Gasteiger partial charge is 0.496 e. The molecule has 18 heavy (non-hydrogen) atoms. The molecular formula is C12H12N2O4. The van der Waals surface area contributed by atoms with Gasteiger partial charge in [0, 0.05) is 5.39 Å². The molecule has 1 aromatic carbocycles. The Balaban J connectivity index is 2.85. The molecule has 0 amide bonds. The highest BCUT2D eigenvalue weighted by molar-refractivity contribution is 6.00. The monoisotopic (exact) mass is 248 g/mol. The second-order valence-corrected chi connectivity index (χ2v) is 3.59. The Kier molecular flexibility index (Phi) is 2.93. The van der Waals surface area contributed by atoms with Crippen LogP contribution >= 0.6 is 0 Å². The zero-order chi connectivity index (χ0) is 13.3. The fourth-order valence-electron chi connectivity index (χ4n) is 1.74. The molecule has 0 aliphatic rings. The smallest absolute Gasteiger partial charge is 0.339 e. The molecule has 0 aliphatic heterocycles. The van der Waals surface area contributed by atoms with Crippen molar-refractivity contribution in [1.29, 1.82) is 0 Å². The summed E-state index contributed by atoms with van der Waals surface area (Å²) < 4.78 is 10.3. The number of nitrogens with zero attached hydrogens (tertiary/aromatic N) is 1. The number of aromatic carboxylic acids is 1. The predicted octanol–water partition coefficient (Wildman–Crippen LogP) is 1.53. The first-order chi connectivity index (χ1) is 8.58. The number of nitrogen functional groups attached to an aromatic ring is 1. The van der Waals surface area contributed by atoms with E-state index in [0.717, 1.165) is 0 Å². The molecular weight excluding hydrogens is 236 g/mol. The maximum absolute atomic E-state index is 11.0. The van der Waals surface area contributed by atoms with Crippen molar-refractivity contribution in [3.63, 3.8) is 0 Å². The van der Waals surface area contributed by atoms with Crippen molar-refractivity contribution in [2.24, 2.45) is 0 Å². The number of hydrogen-bond acceptors (Lipinski definition) is 5. The number of hydrogen-bond donors (Lipinski definition) is 2. The summed E-state index contributed by atoms with van der Waals surface area (Å²) in [5.41, 5.74) is 6.02. The molecule has 2 aromatic rings.